The van der Waals surface area contributed by atoms with Crippen LogP contribution in [0.2, 0.25) is 0 Å². The van der Waals surface area contributed by atoms with Crippen LogP contribution >= 0.6 is 0 Å². The molecule has 1 spiro atoms. The Kier molecular flexibility index (Phi) is 4.62. The van der Waals surface area contributed by atoms with Crippen LogP contribution in [0.3, 0.4) is 0 Å². The van der Waals surface area contributed by atoms with Crippen molar-refractivity contribution in [1.29, 1.82) is 0 Å². The van der Waals surface area contributed by atoms with Gasteiger partial charge in [-0.05, 0) is 24.6 Å². The Morgan fingerprint density at radius 1 is 1.34 bits per heavy atom. The number of primary amides is 1. The Labute approximate surface area is 165 Å². The average molecular weight is 405 g/mol. The summed E-state index contributed by atoms with van der Waals surface area (Å²) in [6.07, 6.45) is 0.272. The third-order valence-electron chi connectivity index (χ3n) is 6.09. The molecule has 9 nitrogen and oxygen atoms in total. The maximum Gasteiger partial charge on any atom is 0.291 e. The largest absolute Gasteiger partial charge is 0.385 e. The number of anilines is 1. The van der Waals surface area contributed by atoms with Gasteiger partial charge in [0.15, 0.2) is 0 Å². The highest BCUT2D eigenvalue weighted by molar-refractivity contribution is 6.14. The highest BCUT2D eigenvalue weighted by Gasteiger charge is 2.74. The molecule has 0 aromatic heterocycles. The summed E-state index contributed by atoms with van der Waals surface area (Å²) in [5.74, 6) is -4.56. The molecule has 10 heteroatoms. The summed E-state index contributed by atoms with van der Waals surface area (Å²) in [6.45, 7) is 0.512. The fourth-order valence-corrected chi connectivity index (χ4v) is 5.00. The van der Waals surface area contributed by atoms with Crippen molar-refractivity contribution in [2.24, 2.45) is 17.6 Å². The Bertz CT molecular complexity index is 922. The first-order chi connectivity index (χ1) is 13.8. The van der Waals surface area contributed by atoms with Crippen molar-refractivity contribution < 1.29 is 33.6 Å². The van der Waals surface area contributed by atoms with Gasteiger partial charge in [0.25, 0.3) is 5.91 Å². The molecule has 4 rings (SSSR count). The van der Waals surface area contributed by atoms with Crippen molar-refractivity contribution in [1.82, 2.24) is 4.90 Å². The van der Waals surface area contributed by atoms with E-state index in [-0.39, 0.29) is 13.0 Å². The van der Waals surface area contributed by atoms with E-state index in [9.17, 15) is 23.6 Å². The topological polar surface area (TPSA) is 135 Å². The molecule has 0 radical (unpaired) electrons. The minimum Gasteiger partial charge on any atom is -0.385 e. The van der Waals surface area contributed by atoms with Gasteiger partial charge in [0.05, 0.1) is 12.1 Å². The standard InChI is InChI=1S/C19H21FN4O5/c1-29-6-2-5-24-16(26)14-12(8-13(21)25)23-19(15(14)17(24)27)10-7-9(20)3-4-11(10)22-18(19)28/h3-4,7,12,14-15,23H,2,5-6,8H2,1H3,(H2,21,25)(H,22,28)/p+1/t12-,14-,15+,19-/m1/s1. The summed E-state index contributed by atoms with van der Waals surface area (Å²) in [5.41, 5.74) is 4.56. The number of carbonyl (C=O) groups excluding carboxylic acids is 4. The molecule has 1 aromatic carbocycles. The van der Waals surface area contributed by atoms with Crippen LogP contribution in [-0.4, -0.2) is 54.8 Å². The molecule has 0 saturated carbocycles. The molecule has 0 aliphatic carbocycles. The molecule has 3 heterocycles. The Morgan fingerprint density at radius 2 is 2.10 bits per heavy atom. The van der Waals surface area contributed by atoms with Crippen LogP contribution in [0, 0.1) is 17.7 Å². The normalized spacial score (nSPS) is 30.1. The van der Waals surface area contributed by atoms with Crippen molar-refractivity contribution in [2.75, 3.05) is 25.6 Å². The van der Waals surface area contributed by atoms with Crippen molar-refractivity contribution in [3.63, 3.8) is 0 Å². The molecule has 29 heavy (non-hydrogen) atoms. The smallest absolute Gasteiger partial charge is 0.291 e. The second-order valence-electron chi connectivity index (χ2n) is 7.69. The van der Waals surface area contributed by atoms with E-state index < -0.39 is 52.9 Å². The first kappa shape index (κ1) is 19.5. The van der Waals surface area contributed by atoms with E-state index in [0.717, 1.165) is 4.90 Å². The number of hydrogen-bond donors (Lipinski definition) is 3. The number of likely N-dealkylation sites (tertiary alicyclic amines) is 1. The van der Waals surface area contributed by atoms with Crippen molar-refractivity contribution in [3.05, 3.63) is 29.6 Å². The number of benzene rings is 1. The Hall–Kier alpha value is -2.85. The molecule has 1 aromatic rings. The average Bonchev–Trinajstić information content (AvgIpc) is 3.22. The Morgan fingerprint density at radius 3 is 2.79 bits per heavy atom. The highest BCUT2D eigenvalue weighted by Crippen LogP contribution is 2.49. The van der Waals surface area contributed by atoms with Crippen molar-refractivity contribution in [3.8, 4) is 0 Å². The number of amides is 4. The number of halogens is 1. The number of quaternary nitrogens is 1. The molecule has 2 fully saturated rings. The van der Waals surface area contributed by atoms with Gasteiger partial charge in [0.1, 0.15) is 23.7 Å². The molecule has 3 aliphatic rings. The number of fused-ring (bicyclic) bond motifs is 4. The second-order valence-corrected chi connectivity index (χ2v) is 7.69. The van der Waals surface area contributed by atoms with Gasteiger partial charge >= 0.3 is 0 Å². The lowest BCUT2D eigenvalue weighted by molar-refractivity contribution is -0.732. The number of hydrogen-bond acceptors (Lipinski definition) is 5. The molecular weight excluding hydrogens is 383 g/mol. The number of nitrogens with one attached hydrogen (secondary N) is 1. The highest BCUT2D eigenvalue weighted by atomic mass is 19.1. The first-order valence-corrected chi connectivity index (χ1v) is 9.41. The van der Waals surface area contributed by atoms with E-state index in [1.807, 2.05) is 0 Å². The maximum atomic E-state index is 14.0. The van der Waals surface area contributed by atoms with E-state index in [1.165, 1.54) is 25.3 Å². The SMILES string of the molecule is COCCCN1C(=O)[C@H]2[C@@H](C1=O)[C@@]1([NH2+][C@@H]2CC(N)=O)C(=O)Nc2ccc(F)cc21. The second kappa shape index (κ2) is 6.89. The zero-order valence-electron chi connectivity index (χ0n) is 15.8. The van der Waals surface area contributed by atoms with Crippen molar-refractivity contribution in [2.45, 2.75) is 24.4 Å². The molecule has 0 unspecified atom stereocenters. The van der Waals surface area contributed by atoms with Crippen LogP contribution in [0.5, 0.6) is 0 Å². The molecule has 4 amide bonds. The van der Waals surface area contributed by atoms with Crippen LogP contribution in [0.15, 0.2) is 18.2 Å². The van der Waals surface area contributed by atoms with Gasteiger partial charge in [0.2, 0.25) is 23.3 Å². The predicted octanol–water partition coefficient (Wildman–Crippen LogP) is -1.57. The lowest BCUT2D eigenvalue weighted by atomic mass is 9.76. The Balaban J connectivity index is 1.80. The summed E-state index contributed by atoms with van der Waals surface area (Å²) in [5, 5.41) is 4.24. The fraction of sp³-hybridized carbons (Fsp3) is 0.474. The molecule has 2 saturated heterocycles. The van der Waals surface area contributed by atoms with Gasteiger partial charge in [-0.1, -0.05) is 0 Å². The molecule has 154 valence electrons. The van der Waals surface area contributed by atoms with E-state index in [0.29, 0.717) is 24.3 Å². The summed E-state index contributed by atoms with van der Waals surface area (Å²) in [7, 11) is 1.52. The number of rotatable bonds is 6. The van der Waals surface area contributed by atoms with E-state index in [2.05, 4.69) is 5.32 Å². The van der Waals surface area contributed by atoms with E-state index in [1.54, 1.807) is 5.32 Å². The molecule has 0 bridgehead atoms. The van der Waals surface area contributed by atoms with Crippen LogP contribution in [0.1, 0.15) is 18.4 Å². The van der Waals surface area contributed by atoms with Gasteiger partial charge in [-0.15, -0.1) is 0 Å². The van der Waals surface area contributed by atoms with Crippen LogP contribution < -0.4 is 16.4 Å². The van der Waals surface area contributed by atoms with Crippen LogP contribution in [0.25, 0.3) is 0 Å². The molecule has 3 aliphatic heterocycles. The quantitative estimate of drug-likeness (QED) is 0.388. The zero-order valence-corrected chi connectivity index (χ0v) is 15.8. The summed E-state index contributed by atoms with van der Waals surface area (Å²) < 4.78 is 19.0. The molecular formula is C19H22FN4O5+. The van der Waals surface area contributed by atoms with Gasteiger partial charge in [0, 0.05) is 25.8 Å². The van der Waals surface area contributed by atoms with Crippen molar-refractivity contribution >= 4 is 29.3 Å². The number of nitrogens with zero attached hydrogens (tertiary/aromatic N) is 1. The number of imide groups is 1. The summed E-state index contributed by atoms with van der Waals surface area (Å²) in [6, 6.07) is 3.16. The van der Waals surface area contributed by atoms with Gasteiger partial charge in [-0.25, -0.2) is 4.39 Å². The molecule has 5 N–H and O–H groups in total. The summed E-state index contributed by atoms with van der Waals surface area (Å²) >= 11 is 0. The number of methoxy groups -OCH3 is 1. The zero-order chi connectivity index (χ0) is 20.9. The molecule has 4 atom stereocenters. The minimum absolute atomic E-state index is 0.148. The first-order valence-electron chi connectivity index (χ1n) is 9.41. The van der Waals surface area contributed by atoms with Gasteiger partial charge in [-0.3, -0.25) is 24.1 Å². The summed E-state index contributed by atoms with van der Waals surface area (Å²) in [4.78, 5) is 52.2. The lowest BCUT2D eigenvalue weighted by Crippen LogP contribution is -2.99. The van der Waals surface area contributed by atoms with E-state index in [4.69, 9.17) is 10.5 Å². The van der Waals surface area contributed by atoms with Crippen LogP contribution in [-0.2, 0) is 29.5 Å². The van der Waals surface area contributed by atoms with Gasteiger partial charge in [-0.2, -0.15) is 0 Å². The predicted molar refractivity (Wildman–Crippen MR) is 96.4 cm³/mol. The van der Waals surface area contributed by atoms with Gasteiger partial charge < -0.3 is 21.1 Å². The van der Waals surface area contributed by atoms with E-state index >= 15 is 0 Å². The number of ether oxygens (including phenoxy) is 1. The third-order valence-corrected chi connectivity index (χ3v) is 6.09. The lowest BCUT2D eigenvalue weighted by Gasteiger charge is -2.26. The third kappa shape index (κ3) is 2.74. The minimum atomic E-state index is -1.51. The number of carbonyl (C=O) groups is 4. The monoisotopic (exact) mass is 405 g/mol. The van der Waals surface area contributed by atoms with Crippen LogP contribution in [0.4, 0.5) is 10.1 Å². The maximum absolute atomic E-state index is 14.0. The fourth-order valence-electron chi connectivity index (χ4n) is 5.00. The number of nitrogens with two attached hydrogens (primary N) is 2.